The van der Waals surface area contributed by atoms with E-state index in [1.807, 2.05) is 20.0 Å². The molecule has 2 aromatic rings. The van der Waals surface area contributed by atoms with Crippen LogP contribution >= 0.6 is 0 Å². The molecule has 0 fully saturated rings. The maximum atomic E-state index is 5.78. The first-order valence-corrected chi connectivity index (χ1v) is 6.54. The van der Waals surface area contributed by atoms with E-state index in [1.165, 1.54) is 5.56 Å². The summed E-state index contributed by atoms with van der Waals surface area (Å²) >= 11 is 0. The van der Waals surface area contributed by atoms with Crippen molar-refractivity contribution in [3.05, 3.63) is 59.5 Å². The summed E-state index contributed by atoms with van der Waals surface area (Å²) in [6.07, 6.45) is 1.08. The molecule has 1 heterocycles. The molecule has 1 aromatic carbocycles. The van der Waals surface area contributed by atoms with Crippen molar-refractivity contribution in [2.45, 2.75) is 32.2 Å². The molecule has 0 bridgehead atoms. The summed E-state index contributed by atoms with van der Waals surface area (Å²) in [6.45, 7) is 4.21. The van der Waals surface area contributed by atoms with Gasteiger partial charge in [-0.2, -0.15) is 0 Å². The Morgan fingerprint density at radius 1 is 1.11 bits per heavy atom. The average molecular weight is 243 g/mol. The minimum absolute atomic E-state index is 0.228. The van der Waals surface area contributed by atoms with Crippen LogP contribution in [0, 0.1) is 6.92 Å². The molecule has 2 unspecified atom stereocenters. The molecule has 2 nitrogen and oxygen atoms in total. The maximum absolute atomic E-state index is 5.78. The molecule has 0 aliphatic rings. The zero-order valence-electron chi connectivity index (χ0n) is 11.3. The third-order valence-electron chi connectivity index (χ3n) is 3.45. The van der Waals surface area contributed by atoms with Gasteiger partial charge in [0.25, 0.3) is 0 Å². The number of aryl methyl sites for hydroxylation is 1. The predicted octanol–water partition coefficient (Wildman–Crippen LogP) is 4.04. The van der Waals surface area contributed by atoms with Crippen LogP contribution in [-0.2, 0) is 0 Å². The molecule has 0 amide bonds. The lowest BCUT2D eigenvalue weighted by atomic mass is 9.88. The van der Waals surface area contributed by atoms with E-state index in [1.54, 1.807) is 0 Å². The normalized spacial score (nSPS) is 14.4. The third-order valence-corrected chi connectivity index (χ3v) is 3.45. The zero-order valence-corrected chi connectivity index (χ0v) is 11.3. The Morgan fingerprint density at radius 3 is 2.33 bits per heavy atom. The van der Waals surface area contributed by atoms with E-state index in [0.29, 0.717) is 5.92 Å². The standard InChI is InChI=1S/C16H21NO/c1-4-14(13-8-6-5-7-9-13)16(17-3)15-11-10-12(2)18-15/h5-11,14,16-17H,4H2,1-3H3. The van der Waals surface area contributed by atoms with Gasteiger partial charge in [0.1, 0.15) is 11.5 Å². The molecule has 0 aliphatic heterocycles. The molecule has 2 heteroatoms. The summed E-state index contributed by atoms with van der Waals surface area (Å²) in [5, 5.41) is 3.39. The van der Waals surface area contributed by atoms with E-state index in [4.69, 9.17) is 4.42 Å². The average Bonchev–Trinajstić information content (AvgIpc) is 2.83. The van der Waals surface area contributed by atoms with Gasteiger partial charge in [0.2, 0.25) is 0 Å². The summed E-state index contributed by atoms with van der Waals surface area (Å²) in [6, 6.07) is 15.0. The second kappa shape index (κ2) is 5.87. The number of benzene rings is 1. The quantitative estimate of drug-likeness (QED) is 0.857. The summed E-state index contributed by atoms with van der Waals surface area (Å²) in [4.78, 5) is 0. The largest absolute Gasteiger partial charge is 0.465 e. The Bertz CT molecular complexity index is 475. The van der Waals surface area contributed by atoms with Crippen molar-refractivity contribution in [3.63, 3.8) is 0 Å². The predicted molar refractivity (Wildman–Crippen MR) is 74.7 cm³/mol. The van der Waals surface area contributed by atoms with Crippen LogP contribution < -0.4 is 5.32 Å². The molecule has 0 saturated heterocycles. The smallest absolute Gasteiger partial charge is 0.121 e. The Morgan fingerprint density at radius 2 is 1.83 bits per heavy atom. The van der Waals surface area contributed by atoms with Crippen LogP contribution in [0.2, 0.25) is 0 Å². The molecule has 2 atom stereocenters. The van der Waals surface area contributed by atoms with Crippen molar-refractivity contribution in [2.24, 2.45) is 0 Å². The molecular weight excluding hydrogens is 222 g/mol. The lowest BCUT2D eigenvalue weighted by molar-refractivity contribution is 0.368. The lowest BCUT2D eigenvalue weighted by Gasteiger charge is -2.24. The van der Waals surface area contributed by atoms with Crippen molar-refractivity contribution >= 4 is 0 Å². The van der Waals surface area contributed by atoms with Gasteiger partial charge >= 0.3 is 0 Å². The van der Waals surface area contributed by atoms with Gasteiger partial charge in [-0.3, -0.25) is 0 Å². The molecule has 2 rings (SSSR count). The van der Waals surface area contributed by atoms with Gasteiger partial charge in [0.05, 0.1) is 6.04 Å². The van der Waals surface area contributed by atoms with E-state index in [9.17, 15) is 0 Å². The monoisotopic (exact) mass is 243 g/mol. The number of rotatable bonds is 5. The molecule has 96 valence electrons. The first-order chi connectivity index (χ1) is 8.76. The molecular formula is C16H21NO. The van der Waals surface area contributed by atoms with Gasteiger partial charge in [0.15, 0.2) is 0 Å². The van der Waals surface area contributed by atoms with E-state index in [2.05, 4.69) is 48.6 Å². The van der Waals surface area contributed by atoms with Crippen LogP contribution in [0.25, 0.3) is 0 Å². The molecule has 1 aromatic heterocycles. The SMILES string of the molecule is CCC(c1ccccc1)C(NC)c1ccc(C)o1. The number of furan rings is 1. The van der Waals surface area contributed by atoms with Crippen LogP contribution in [0.4, 0.5) is 0 Å². The van der Waals surface area contributed by atoms with Gasteiger partial charge < -0.3 is 9.73 Å². The van der Waals surface area contributed by atoms with Crippen LogP contribution in [-0.4, -0.2) is 7.05 Å². The molecule has 0 aliphatic carbocycles. The van der Waals surface area contributed by atoms with E-state index >= 15 is 0 Å². The Kier molecular flexibility index (Phi) is 4.21. The first kappa shape index (κ1) is 12.9. The van der Waals surface area contributed by atoms with Crippen molar-refractivity contribution in [2.75, 3.05) is 7.05 Å². The Hall–Kier alpha value is -1.54. The fraction of sp³-hybridized carbons (Fsp3) is 0.375. The summed E-state index contributed by atoms with van der Waals surface area (Å²) < 4.78 is 5.78. The fourth-order valence-electron chi connectivity index (χ4n) is 2.53. The summed E-state index contributed by atoms with van der Waals surface area (Å²) in [7, 11) is 1.99. The van der Waals surface area contributed by atoms with Crippen molar-refractivity contribution in [3.8, 4) is 0 Å². The van der Waals surface area contributed by atoms with Crippen molar-refractivity contribution in [1.29, 1.82) is 0 Å². The molecule has 1 N–H and O–H groups in total. The molecule has 0 radical (unpaired) electrons. The number of hydrogen-bond acceptors (Lipinski definition) is 2. The molecule has 0 spiro atoms. The molecule has 18 heavy (non-hydrogen) atoms. The van der Waals surface area contributed by atoms with Gasteiger partial charge in [-0.05, 0) is 38.1 Å². The minimum Gasteiger partial charge on any atom is -0.465 e. The Balaban J connectivity index is 2.30. The first-order valence-electron chi connectivity index (χ1n) is 6.54. The molecule has 0 saturated carbocycles. The van der Waals surface area contributed by atoms with E-state index in [0.717, 1.165) is 17.9 Å². The number of likely N-dealkylation sites (N-methyl/N-ethyl adjacent to an activating group) is 1. The highest BCUT2D eigenvalue weighted by Crippen LogP contribution is 2.34. The van der Waals surface area contributed by atoms with Crippen molar-refractivity contribution in [1.82, 2.24) is 5.32 Å². The minimum atomic E-state index is 0.228. The zero-order chi connectivity index (χ0) is 13.0. The lowest BCUT2D eigenvalue weighted by Crippen LogP contribution is -2.23. The highest BCUT2D eigenvalue weighted by Gasteiger charge is 2.24. The highest BCUT2D eigenvalue weighted by molar-refractivity contribution is 5.24. The van der Waals surface area contributed by atoms with Gasteiger partial charge in [0, 0.05) is 5.92 Å². The maximum Gasteiger partial charge on any atom is 0.121 e. The number of hydrogen-bond donors (Lipinski definition) is 1. The Labute approximate surface area is 109 Å². The van der Waals surface area contributed by atoms with Crippen LogP contribution in [0.1, 0.15) is 42.4 Å². The van der Waals surface area contributed by atoms with Gasteiger partial charge in [-0.1, -0.05) is 37.3 Å². The van der Waals surface area contributed by atoms with Gasteiger partial charge in [-0.15, -0.1) is 0 Å². The fourth-order valence-corrected chi connectivity index (χ4v) is 2.53. The summed E-state index contributed by atoms with van der Waals surface area (Å²) in [5.74, 6) is 2.42. The van der Waals surface area contributed by atoms with Crippen molar-refractivity contribution < 1.29 is 4.42 Å². The second-order valence-corrected chi connectivity index (χ2v) is 4.64. The number of nitrogens with one attached hydrogen (secondary N) is 1. The topological polar surface area (TPSA) is 25.2 Å². The van der Waals surface area contributed by atoms with E-state index < -0.39 is 0 Å². The van der Waals surface area contributed by atoms with Gasteiger partial charge in [-0.25, -0.2) is 0 Å². The second-order valence-electron chi connectivity index (χ2n) is 4.64. The summed E-state index contributed by atoms with van der Waals surface area (Å²) in [5.41, 5.74) is 1.36. The van der Waals surface area contributed by atoms with Crippen LogP contribution in [0.3, 0.4) is 0 Å². The van der Waals surface area contributed by atoms with Crippen LogP contribution in [0.5, 0.6) is 0 Å². The van der Waals surface area contributed by atoms with Crippen LogP contribution in [0.15, 0.2) is 46.9 Å². The van der Waals surface area contributed by atoms with E-state index in [-0.39, 0.29) is 6.04 Å². The third kappa shape index (κ3) is 2.65. The highest BCUT2D eigenvalue weighted by atomic mass is 16.3.